The van der Waals surface area contributed by atoms with Crippen molar-refractivity contribution in [2.24, 2.45) is 0 Å². The standard InChI is InChI=1S/C21H14N4O6/c1-29-16-3-2-4-17-20(16)15(26)9-18(30-17)21-23-19(24-31-21)7-11-10-22-14-6-5-12(25(27)28)8-13(11)14/h2-6,8-10,22H,7H2,1H3. The lowest BCUT2D eigenvalue weighted by atomic mass is 10.1. The topological polar surface area (TPSA) is 137 Å². The van der Waals surface area contributed by atoms with Crippen LogP contribution in [0, 0.1) is 10.1 Å². The Kier molecular flexibility index (Phi) is 4.25. The van der Waals surface area contributed by atoms with Crippen molar-refractivity contribution in [3.05, 3.63) is 80.4 Å². The molecule has 2 aromatic carbocycles. The minimum atomic E-state index is -0.445. The predicted octanol–water partition coefficient (Wildman–Crippen LogP) is 3.83. The number of nitro benzene ring substituents is 1. The molecule has 10 heteroatoms. The molecule has 5 aromatic rings. The van der Waals surface area contributed by atoms with Crippen molar-refractivity contribution in [3.63, 3.8) is 0 Å². The van der Waals surface area contributed by atoms with Gasteiger partial charge >= 0.3 is 0 Å². The van der Waals surface area contributed by atoms with Gasteiger partial charge in [0.1, 0.15) is 16.7 Å². The van der Waals surface area contributed by atoms with Crippen molar-refractivity contribution < 1.29 is 18.6 Å². The highest BCUT2D eigenvalue weighted by Crippen LogP contribution is 2.28. The van der Waals surface area contributed by atoms with Crippen LogP contribution in [-0.2, 0) is 6.42 Å². The monoisotopic (exact) mass is 418 g/mol. The van der Waals surface area contributed by atoms with Crippen LogP contribution in [0.5, 0.6) is 5.75 Å². The van der Waals surface area contributed by atoms with Gasteiger partial charge in [-0.15, -0.1) is 0 Å². The zero-order valence-corrected chi connectivity index (χ0v) is 16.1. The molecule has 0 bridgehead atoms. The number of non-ortho nitro benzene ring substituents is 1. The van der Waals surface area contributed by atoms with Crippen LogP contribution in [0.1, 0.15) is 11.4 Å². The molecule has 0 aliphatic rings. The highest BCUT2D eigenvalue weighted by atomic mass is 16.6. The second-order valence-corrected chi connectivity index (χ2v) is 6.80. The van der Waals surface area contributed by atoms with Crippen LogP contribution >= 0.6 is 0 Å². The number of H-pyrrole nitrogens is 1. The van der Waals surface area contributed by atoms with Crippen molar-refractivity contribution >= 4 is 27.6 Å². The molecular weight excluding hydrogens is 404 g/mol. The van der Waals surface area contributed by atoms with Gasteiger partial charge in [0.05, 0.1) is 12.0 Å². The molecule has 3 heterocycles. The summed E-state index contributed by atoms with van der Waals surface area (Å²) in [5.74, 6) is 0.954. The van der Waals surface area contributed by atoms with E-state index < -0.39 is 4.92 Å². The van der Waals surface area contributed by atoms with E-state index in [1.807, 2.05) is 0 Å². The molecule has 0 amide bonds. The summed E-state index contributed by atoms with van der Waals surface area (Å²) in [7, 11) is 1.48. The Morgan fingerprint density at radius 2 is 2.10 bits per heavy atom. The van der Waals surface area contributed by atoms with Gasteiger partial charge < -0.3 is 18.7 Å². The number of hydrogen-bond donors (Lipinski definition) is 1. The quantitative estimate of drug-likeness (QED) is 0.336. The molecule has 0 radical (unpaired) electrons. The molecular formula is C21H14N4O6. The summed E-state index contributed by atoms with van der Waals surface area (Å²) in [6.07, 6.45) is 2.02. The third kappa shape index (κ3) is 3.19. The van der Waals surface area contributed by atoms with Crippen LogP contribution in [0.15, 0.2) is 62.4 Å². The van der Waals surface area contributed by atoms with Gasteiger partial charge in [0.2, 0.25) is 0 Å². The van der Waals surface area contributed by atoms with Crippen molar-refractivity contribution in [1.29, 1.82) is 0 Å². The largest absolute Gasteiger partial charge is 0.496 e. The van der Waals surface area contributed by atoms with Gasteiger partial charge in [0.25, 0.3) is 11.6 Å². The summed E-state index contributed by atoms with van der Waals surface area (Å²) in [5, 5.41) is 16.1. The number of methoxy groups -OCH3 is 1. The highest BCUT2D eigenvalue weighted by Gasteiger charge is 2.18. The summed E-state index contributed by atoms with van der Waals surface area (Å²) in [5.41, 5.74) is 1.58. The Hall–Kier alpha value is -4.47. The first-order valence-electron chi connectivity index (χ1n) is 9.21. The molecule has 0 saturated carbocycles. The lowest BCUT2D eigenvalue weighted by Gasteiger charge is -2.04. The van der Waals surface area contributed by atoms with Crippen LogP contribution in [0.3, 0.4) is 0 Å². The van der Waals surface area contributed by atoms with Gasteiger partial charge in [0.15, 0.2) is 17.0 Å². The van der Waals surface area contributed by atoms with Gasteiger partial charge in [-0.2, -0.15) is 4.98 Å². The zero-order chi connectivity index (χ0) is 21.5. The fourth-order valence-electron chi connectivity index (χ4n) is 3.48. The Balaban J connectivity index is 1.50. The Morgan fingerprint density at radius 3 is 2.90 bits per heavy atom. The molecule has 5 rings (SSSR count). The SMILES string of the molecule is COc1cccc2oc(-c3nc(Cc4c[nH]c5ccc([N+](=O)[O-])cc45)no3)cc(=O)c12. The van der Waals surface area contributed by atoms with Crippen LogP contribution < -0.4 is 10.2 Å². The second-order valence-electron chi connectivity index (χ2n) is 6.80. The number of benzene rings is 2. The molecule has 0 aliphatic carbocycles. The van der Waals surface area contributed by atoms with Gasteiger partial charge in [-0.05, 0) is 23.8 Å². The van der Waals surface area contributed by atoms with Gasteiger partial charge in [-0.25, -0.2) is 0 Å². The van der Waals surface area contributed by atoms with E-state index in [0.717, 1.165) is 11.1 Å². The number of hydrogen-bond acceptors (Lipinski definition) is 8. The summed E-state index contributed by atoms with van der Waals surface area (Å²) in [4.78, 5) is 30.6. The third-order valence-corrected chi connectivity index (χ3v) is 4.93. The number of fused-ring (bicyclic) bond motifs is 2. The molecule has 3 aromatic heterocycles. The number of nitro groups is 1. The van der Waals surface area contributed by atoms with Crippen molar-refractivity contribution in [2.45, 2.75) is 6.42 Å². The fraction of sp³-hybridized carbons (Fsp3) is 0.0952. The van der Waals surface area contributed by atoms with Crippen LogP contribution in [0.2, 0.25) is 0 Å². The van der Waals surface area contributed by atoms with Crippen molar-refractivity contribution in [1.82, 2.24) is 15.1 Å². The predicted molar refractivity (Wildman–Crippen MR) is 110 cm³/mol. The molecule has 0 spiro atoms. The first kappa shape index (κ1) is 18.6. The van der Waals surface area contributed by atoms with Gasteiger partial charge in [-0.1, -0.05) is 11.2 Å². The number of rotatable bonds is 5. The van der Waals surface area contributed by atoms with E-state index in [-0.39, 0.29) is 29.2 Å². The molecule has 31 heavy (non-hydrogen) atoms. The van der Waals surface area contributed by atoms with Crippen LogP contribution in [-0.4, -0.2) is 27.2 Å². The Morgan fingerprint density at radius 1 is 1.23 bits per heavy atom. The smallest absolute Gasteiger partial charge is 0.293 e. The maximum Gasteiger partial charge on any atom is 0.293 e. The Labute approximate surface area is 173 Å². The van der Waals surface area contributed by atoms with E-state index in [4.69, 9.17) is 13.7 Å². The molecule has 154 valence electrons. The van der Waals surface area contributed by atoms with Crippen molar-refractivity contribution in [2.75, 3.05) is 7.11 Å². The highest BCUT2D eigenvalue weighted by molar-refractivity contribution is 5.86. The lowest BCUT2D eigenvalue weighted by Crippen LogP contribution is -2.02. The average molecular weight is 418 g/mol. The second kappa shape index (κ2) is 7.10. The van der Waals surface area contributed by atoms with Crippen LogP contribution in [0.4, 0.5) is 5.69 Å². The summed E-state index contributed by atoms with van der Waals surface area (Å²) in [6, 6.07) is 10.9. The maximum atomic E-state index is 12.6. The number of nitrogens with zero attached hydrogens (tertiary/aromatic N) is 3. The molecule has 0 fully saturated rings. The first-order chi connectivity index (χ1) is 15.0. The molecule has 0 aliphatic heterocycles. The molecule has 0 atom stereocenters. The average Bonchev–Trinajstić information content (AvgIpc) is 3.40. The van der Waals surface area contributed by atoms with Gasteiger partial charge in [-0.3, -0.25) is 14.9 Å². The summed E-state index contributed by atoms with van der Waals surface area (Å²) < 4.78 is 16.3. The minimum Gasteiger partial charge on any atom is -0.496 e. The van der Waals surface area contributed by atoms with E-state index in [9.17, 15) is 14.9 Å². The number of aromatic nitrogens is 3. The van der Waals surface area contributed by atoms with Crippen molar-refractivity contribution in [3.8, 4) is 17.4 Å². The minimum absolute atomic E-state index is 0.00415. The Bertz CT molecular complexity index is 1510. The molecule has 0 saturated heterocycles. The molecule has 1 N–H and O–H groups in total. The van der Waals surface area contributed by atoms with E-state index in [0.29, 0.717) is 27.9 Å². The maximum absolute atomic E-state index is 12.6. The molecule has 10 nitrogen and oxygen atoms in total. The van der Waals surface area contributed by atoms with Crippen LogP contribution in [0.25, 0.3) is 33.5 Å². The normalized spacial score (nSPS) is 11.3. The van der Waals surface area contributed by atoms with E-state index in [1.54, 1.807) is 30.5 Å². The van der Waals surface area contributed by atoms with E-state index in [1.165, 1.54) is 25.3 Å². The first-order valence-corrected chi connectivity index (χ1v) is 9.21. The zero-order valence-electron chi connectivity index (χ0n) is 16.1. The van der Waals surface area contributed by atoms with Gasteiger partial charge in [0, 0.05) is 41.7 Å². The third-order valence-electron chi connectivity index (χ3n) is 4.93. The lowest BCUT2D eigenvalue weighted by molar-refractivity contribution is -0.384. The summed E-state index contributed by atoms with van der Waals surface area (Å²) in [6.45, 7) is 0. The summed E-state index contributed by atoms with van der Waals surface area (Å²) >= 11 is 0. The van der Waals surface area contributed by atoms with E-state index in [2.05, 4.69) is 15.1 Å². The fourth-order valence-corrected chi connectivity index (χ4v) is 3.48. The van der Waals surface area contributed by atoms with E-state index >= 15 is 0 Å². The number of ether oxygens (including phenoxy) is 1. The number of aromatic amines is 1. The molecule has 0 unspecified atom stereocenters. The number of nitrogens with one attached hydrogen (secondary N) is 1.